The summed E-state index contributed by atoms with van der Waals surface area (Å²) in [4.78, 5) is 10.7. The van der Waals surface area contributed by atoms with Crippen molar-refractivity contribution in [3.63, 3.8) is 0 Å². The molecule has 1 atom stereocenters. The smallest absolute Gasteiger partial charge is 0.320 e. The first-order valence-electron chi connectivity index (χ1n) is 5.93. The van der Waals surface area contributed by atoms with Crippen molar-refractivity contribution in [2.45, 2.75) is 12.5 Å². The summed E-state index contributed by atoms with van der Waals surface area (Å²) < 4.78 is 0. The molecule has 0 saturated heterocycles. The lowest BCUT2D eigenvalue weighted by Gasteiger charge is -2.07. The normalized spacial score (nSPS) is 12.1. The van der Waals surface area contributed by atoms with Gasteiger partial charge in [0.05, 0.1) is 0 Å². The Morgan fingerprint density at radius 2 is 1.47 bits per heavy atom. The Bertz CT molecular complexity index is 561. The van der Waals surface area contributed by atoms with Crippen LogP contribution in [-0.4, -0.2) is 22.2 Å². The maximum absolute atomic E-state index is 10.7. The van der Waals surface area contributed by atoms with Crippen molar-refractivity contribution in [2.24, 2.45) is 5.73 Å². The van der Waals surface area contributed by atoms with Gasteiger partial charge in [-0.25, -0.2) is 0 Å². The first kappa shape index (κ1) is 13.1. The highest BCUT2D eigenvalue weighted by molar-refractivity contribution is 5.73. The van der Waals surface area contributed by atoms with Gasteiger partial charge in [-0.15, -0.1) is 0 Å². The minimum atomic E-state index is -0.998. The van der Waals surface area contributed by atoms with E-state index in [9.17, 15) is 9.90 Å². The molecular formula is C15H15NO3. The highest BCUT2D eigenvalue weighted by Gasteiger charge is 2.11. The molecule has 0 amide bonds. The molecule has 2 rings (SSSR count). The molecular weight excluding hydrogens is 242 g/mol. The van der Waals surface area contributed by atoms with Crippen molar-refractivity contribution >= 4 is 5.97 Å². The van der Waals surface area contributed by atoms with Gasteiger partial charge >= 0.3 is 5.97 Å². The van der Waals surface area contributed by atoms with Gasteiger partial charge in [0.15, 0.2) is 0 Å². The van der Waals surface area contributed by atoms with Crippen LogP contribution in [0.1, 0.15) is 5.56 Å². The van der Waals surface area contributed by atoms with Gasteiger partial charge in [0, 0.05) is 0 Å². The number of aliphatic carboxylic acids is 1. The van der Waals surface area contributed by atoms with Crippen LogP contribution in [0.2, 0.25) is 0 Å². The molecule has 0 aliphatic heterocycles. The van der Waals surface area contributed by atoms with Crippen molar-refractivity contribution in [1.82, 2.24) is 0 Å². The molecule has 4 nitrogen and oxygen atoms in total. The summed E-state index contributed by atoms with van der Waals surface area (Å²) in [5.74, 6) is -0.768. The number of carboxylic acid groups (broad SMARTS) is 1. The Labute approximate surface area is 111 Å². The SMILES string of the molecule is NC(Cc1ccc(-c2ccc(O)cc2)cc1)C(=O)O. The molecule has 0 bridgehead atoms. The molecule has 0 aliphatic rings. The van der Waals surface area contributed by atoms with E-state index in [1.807, 2.05) is 36.4 Å². The third-order valence-corrected chi connectivity index (χ3v) is 2.93. The lowest BCUT2D eigenvalue weighted by atomic mass is 10.0. The van der Waals surface area contributed by atoms with E-state index in [0.717, 1.165) is 16.7 Å². The molecule has 2 aromatic carbocycles. The van der Waals surface area contributed by atoms with E-state index in [1.165, 1.54) is 0 Å². The van der Waals surface area contributed by atoms with E-state index in [1.54, 1.807) is 12.1 Å². The monoisotopic (exact) mass is 257 g/mol. The molecule has 0 spiro atoms. The first-order valence-corrected chi connectivity index (χ1v) is 5.93. The number of rotatable bonds is 4. The predicted molar refractivity (Wildman–Crippen MR) is 72.9 cm³/mol. The van der Waals surface area contributed by atoms with E-state index in [4.69, 9.17) is 10.8 Å². The van der Waals surface area contributed by atoms with Crippen LogP contribution < -0.4 is 5.73 Å². The van der Waals surface area contributed by atoms with Crippen LogP contribution in [0.15, 0.2) is 48.5 Å². The number of nitrogens with two attached hydrogens (primary N) is 1. The van der Waals surface area contributed by atoms with Crippen molar-refractivity contribution in [3.8, 4) is 16.9 Å². The molecule has 1 unspecified atom stereocenters. The number of carboxylic acids is 1. The lowest BCUT2D eigenvalue weighted by molar-refractivity contribution is -0.138. The van der Waals surface area contributed by atoms with Gasteiger partial charge in [-0.3, -0.25) is 4.79 Å². The second-order valence-corrected chi connectivity index (χ2v) is 4.39. The summed E-state index contributed by atoms with van der Waals surface area (Å²) in [6, 6.07) is 13.6. The van der Waals surface area contributed by atoms with Gasteiger partial charge in [0.2, 0.25) is 0 Å². The van der Waals surface area contributed by atoms with Crippen molar-refractivity contribution in [2.75, 3.05) is 0 Å². The number of phenolic OH excluding ortho intramolecular Hbond substituents is 1. The fraction of sp³-hybridized carbons (Fsp3) is 0.133. The van der Waals surface area contributed by atoms with Crippen LogP contribution in [0.25, 0.3) is 11.1 Å². The minimum absolute atomic E-state index is 0.229. The molecule has 19 heavy (non-hydrogen) atoms. The van der Waals surface area contributed by atoms with Gasteiger partial charge in [0.25, 0.3) is 0 Å². The Balaban J connectivity index is 2.14. The van der Waals surface area contributed by atoms with Crippen molar-refractivity contribution in [1.29, 1.82) is 0 Å². The molecule has 0 saturated carbocycles. The summed E-state index contributed by atoms with van der Waals surface area (Å²) >= 11 is 0. The van der Waals surface area contributed by atoms with Gasteiger partial charge in [-0.05, 0) is 35.2 Å². The van der Waals surface area contributed by atoms with Crippen LogP contribution in [-0.2, 0) is 11.2 Å². The Hall–Kier alpha value is -2.33. The Morgan fingerprint density at radius 3 is 1.95 bits per heavy atom. The molecule has 0 fully saturated rings. The second kappa shape index (κ2) is 5.54. The third-order valence-electron chi connectivity index (χ3n) is 2.93. The molecule has 0 aliphatic carbocycles. The number of hydrogen-bond acceptors (Lipinski definition) is 3. The lowest BCUT2D eigenvalue weighted by Crippen LogP contribution is -2.32. The van der Waals surface area contributed by atoms with Crippen LogP contribution in [0.3, 0.4) is 0 Å². The van der Waals surface area contributed by atoms with E-state index in [-0.39, 0.29) is 5.75 Å². The van der Waals surface area contributed by atoms with Crippen molar-refractivity contribution < 1.29 is 15.0 Å². The zero-order valence-corrected chi connectivity index (χ0v) is 10.3. The van der Waals surface area contributed by atoms with Gasteiger partial charge < -0.3 is 15.9 Å². The van der Waals surface area contributed by atoms with Gasteiger partial charge in [-0.1, -0.05) is 36.4 Å². The molecule has 98 valence electrons. The maximum atomic E-state index is 10.7. The summed E-state index contributed by atoms with van der Waals surface area (Å²) in [7, 11) is 0. The largest absolute Gasteiger partial charge is 0.508 e. The van der Waals surface area contributed by atoms with Crippen LogP contribution in [0, 0.1) is 0 Å². The minimum Gasteiger partial charge on any atom is -0.508 e. The van der Waals surface area contributed by atoms with Gasteiger partial charge in [0.1, 0.15) is 11.8 Å². The van der Waals surface area contributed by atoms with Crippen LogP contribution in [0.5, 0.6) is 5.75 Å². The Morgan fingerprint density at radius 1 is 1.00 bits per heavy atom. The predicted octanol–water partition coefficient (Wildman–Crippen LogP) is 2.01. The van der Waals surface area contributed by atoms with Crippen LogP contribution >= 0.6 is 0 Å². The number of phenols is 1. The molecule has 0 radical (unpaired) electrons. The molecule has 0 aromatic heterocycles. The zero-order chi connectivity index (χ0) is 13.8. The number of hydrogen-bond donors (Lipinski definition) is 3. The standard InChI is InChI=1S/C15H15NO3/c16-14(15(18)19)9-10-1-3-11(4-2-10)12-5-7-13(17)8-6-12/h1-8,14,17H,9,16H2,(H,18,19). The maximum Gasteiger partial charge on any atom is 0.320 e. The quantitative estimate of drug-likeness (QED) is 0.782. The molecule has 4 heteroatoms. The second-order valence-electron chi connectivity index (χ2n) is 4.39. The summed E-state index contributed by atoms with van der Waals surface area (Å²) in [6.45, 7) is 0. The average Bonchev–Trinajstić information content (AvgIpc) is 2.40. The highest BCUT2D eigenvalue weighted by atomic mass is 16.4. The van der Waals surface area contributed by atoms with Crippen LogP contribution in [0.4, 0.5) is 0 Å². The number of aromatic hydroxyl groups is 1. The fourth-order valence-electron chi connectivity index (χ4n) is 1.83. The zero-order valence-electron chi connectivity index (χ0n) is 10.3. The molecule has 4 N–H and O–H groups in total. The highest BCUT2D eigenvalue weighted by Crippen LogP contribution is 2.22. The Kier molecular flexibility index (Phi) is 3.82. The molecule has 2 aromatic rings. The summed E-state index contributed by atoms with van der Waals surface area (Å²) in [6.07, 6.45) is 0.311. The third kappa shape index (κ3) is 3.33. The topological polar surface area (TPSA) is 83.5 Å². The van der Waals surface area contributed by atoms with Crippen molar-refractivity contribution in [3.05, 3.63) is 54.1 Å². The van der Waals surface area contributed by atoms with E-state index in [0.29, 0.717) is 6.42 Å². The molecule has 0 heterocycles. The number of benzene rings is 2. The first-order chi connectivity index (χ1) is 9.06. The van der Waals surface area contributed by atoms with E-state index < -0.39 is 12.0 Å². The summed E-state index contributed by atoms with van der Waals surface area (Å²) in [5, 5.41) is 18.0. The van der Waals surface area contributed by atoms with E-state index >= 15 is 0 Å². The average molecular weight is 257 g/mol. The van der Waals surface area contributed by atoms with E-state index in [2.05, 4.69) is 0 Å². The van der Waals surface area contributed by atoms with Gasteiger partial charge in [-0.2, -0.15) is 0 Å². The fourth-order valence-corrected chi connectivity index (χ4v) is 1.83. The summed E-state index contributed by atoms with van der Waals surface area (Å²) in [5.41, 5.74) is 8.37. The number of carbonyl (C=O) groups is 1.